The van der Waals surface area contributed by atoms with Crippen LogP contribution in [0.1, 0.15) is 31.2 Å². The summed E-state index contributed by atoms with van der Waals surface area (Å²) in [4.78, 5) is 13.6. The van der Waals surface area contributed by atoms with E-state index in [-0.39, 0.29) is 0 Å². The quantitative estimate of drug-likeness (QED) is 0.799. The highest BCUT2D eigenvalue weighted by Crippen LogP contribution is 2.22. The molecule has 0 bridgehead atoms. The van der Waals surface area contributed by atoms with Crippen molar-refractivity contribution < 1.29 is 9.47 Å². The molecule has 2 aliphatic rings. The summed E-state index contributed by atoms with van der Waals surface area (Å²) in [6.45, 7) is 5.55. The first-order valence-corrected chi connectivity index (χ1v) is 8.62. The average Bonchev–Trinajstić information content (AvgIpc) is 3.21. The van der Waals surface area contributed by atoms with Gasteiger partial charge in [-0.15, -0.1) is 0 Å². The van der Waals surface area contributed by atoms with Crippen LogP contribution in [0.4, 0.5) is 11.8 Å². The Kier molecular flexibility index (Phi) is 5.33. The number of hydrogen-bond acceptors (Lipinski definition) is 6. The SMILES string of the molecule is Cc1cnc(N(C)CC2CCCO2)nc1N(C)CC1CCCO1. The molecule has 0 amide bonds. The van der Waals surface area contributed by atoms with E-state index in [1.165, 1.54) is 0 Å². The number of aryl methyl sites for hydroxylation is 1. The Labute approximate surface area is 138 Å². The van der Waals surface area contributed by atoms with Gasteiger partial charge in [-0.05, 0) is 32.6 Å². The first-order chi connectivity index (χ1) is 11.1. The van der Waals surface area contributed by atoms with Crippen LogP contribution >= 0.6 is 0 Å². The van der Waals surface area contributed by atoms with Crippen LogP contribution in [0.3, 0.4) is 0 Å². The van der Waals surface area contributed by atoms with Crippen molar-refractivity contribution in [2.75, 3.05) is 50.2 Å². The fourth-order valence-electron chi connectivity index (χ4n) is 3.35. The van der Waals surface area contributed by atoms with Crippen LogP contribution in [0.5, 0.6) is 0 Å². The van der Waals surface area contributed by atoms with E-state index in [0.29, 0.717) is 12.2 Å². The zero-order chi connectivity index (χ0) is 16.2. The van der Waals surface area contributed by atoms with Crippen molar-refractivity contribution in [1.29, 1.82) is 0 Å². The smallest absolute Gasteiger partial charge is 0.227 e. The summed E-state index contributed by atoms with van der Waals surface area (Å²) in [5.41, 5.74) is 1.10. The molecule has 0 aromatic carbocycles. The molecule has 0 N–H and O–H groups in total. The Balaban J connectivity index is 1.67. The van der Waals surface area contributed by atoms with Crippen molar-refractivity contribution in [3.63, 3.8) is 0 Å². The lowest BCUT2D eigenvalue weighted by Crippen LogP contribution is -2.32. The molecule has 6 heteroatoms. The minimum atomic E-state index is 0.304. The van der Waals surface area contributed by atoms with Crippen LogP contribution in [0.15, 0.2) is 6.20 Å². The third-order valence-electron chi connectivity index (χ3n) is 4.64. The van der Waals surface area contributed by atoms with Gasteiger partial charge in [0.25, 0.3) is 0 Å². The fraction of sp³-hybridized carbons (Fsp3) is 0.765. The molecule has 3 heterocycles. The minimum absolute atomic E-state index is 0.304. The Hall–Kier alpha value is -1.40. The van der Waals surface area contributed by atoms with Gasteiger partial charge in [0.1, 0.15) is 5.82 Å². The highest BCUT2D eigenvalue weighted by Gasteiger charge is 2.21. The molecule has 1 aromatic rings. The molecule has 1 aromatic heterocycles. The monoisotopic (exact) mass is 320 g/mol. The van der Waals surface area contributed by atoms with Crippen LogP contribution in [0.2, 0.25) is 0 Å². The van der Waals surface area contributed by atoms with Gasteiger partial charge in [0, 0.05) is 52.2 Å². The second-order valence-electron chi connectivity index (χ2n) is 6.71. The lowest BCUT2D eigenvalue weighted by molar-refractivity contribution is 0.116. The first kappa shape index (κ1) is 16.5. The summed E-state index contributed by atoms with van der Waals surface area (Å²) in [7, 11) is 4.12. The van der Waals surface area contributed by atoms with Gasteiger partial charge in [-0.1, -0.05) is 0 Å². The second kappa shape index (κ2) is 7.45. The van der Waals surface area contributed by atoms with Crippen LogP contribution in [0, 0.1) is 6.92 Å². The molecule has 23 heavy (non-hydrogen) atoms. The third kappa shape index (κ3) is 4.12. The fourth-order valence-corrected chi connectivity index (χ4v) is 3.35. The second-order valence-corrected chi connectivity index (χ2v) is 6.71. The molecule has 2 fully saturated rings. The summed E-state index contributed by atoms with van der Waals surface area (Å²) in [5.74, 6) is 1.75. The topological polar surface area (TPSA) is 50.7 Å². The number of rotatable bonds is 6. The highest BCUT2D eigenvalue weighted by molar-refractivity contribution is 5.49. The van der Waals surface area contributed by atoms with Crippen molar-refractivity contribution in [3.8, 4) is 0 Å². The molecule has 2 unspecified atom stereocenters. The lowest BCUT2D eigenvalue weighted by Gasteiger charge is -2.26. The van der Waals surface area contributed by atoms with Gasteiger partial charge in [0.2, 0.25) is 5.95 Å². The van der Waals surface area contributed by atoms with E-state index in [4.69, 9.17) is 14.5 Å². The van der Waals surface area contributed by atoms with E-state index >= 15 is 0 Å². The van der Waals surface area contributed by atoms with Gasteiger partial charge < -0.3 is 19.3 Å². The molecule has 0 aliphatic carbocycles. The minimum Gasteiger partial charge on any atom is -0.376 e. The van der Waals surface area contributed by atoms with Crippen LogP contribution < -0.4 is 9.80 Å². The molecule has 0 saturated carbocycles. The third-order valence-corrected chi connectivity index (χ3v) is 4.64. The van der Waals surface area contributed by atoms with Gasteiger partial charge in [0.15, 0.2) is 0 Å². The van der Waals surface area contributed by atoms with E-state index in [1.54, 1.807) is 0 Å². The number of aromatic nitrogens is 2. The molecule has 0 spiro atoms. The van der Waals surface area contributed by atoms with Gasteiger partial charge in [-0.25, -0.2) is 4.98 Å². The Bertz CT molecular complexity index is 513. The van der Waals surface area contributed by atoms with E-state index in [9.17, 15) is 0 Å². The van der Waals surface area contributed by atoms with Gasteiger partial charge in [0.05, 0.1) is 12.2 Å². The van der Waals surface area contributed by atoms with Gasteiger partial charge in [-0.3, -0.25) is 0 Å². The molecule has 3 rings (SSSR count). The predicted molar refractivity (Wildman–Crippen MR) is 91.3 cm³/mol. The molecule has 0 radical (unpaired) electrons. The number of ether oxygens (including phenoxy) is 2. The Morgan fingerprint density at radius 1 is 1.04 bits per heavy atom. The van der Waals surface area contributed by atoms with Crippen molar-refractivity contribution in [2.45, 2.75) is 44.8 Å². The number of anilines is 2. The van der Waals surface area contributed by atoms with Crippen LogP contribution in [0.25, 0.3) is 0 Å². The first-order valence-electron chi connectivity index (χ1n) is 8.62. The molecular formula is C17H28N4O2. The summed E-state index contributed by atoms with van der Waals surface area (Å²) in [6.07, 6.45) is 7.12. The Morgan fingerprint density at radius 3 is 2.22 bits per heavy atom. The number of hydrogen-bond donors (Lipinski definition) is 0. The standard InChI is InChI=1S/C17H28N4O2/c1-13-10-18-17(21(3)12-15-7-5-9-23-15)19-16(13)20(2)11-14-6-4-8-22-14/h10,14-15H,4-9,11-12H2,1-3H3. The van der Waals surface area contributed by atoms with Crippen molar-refractivity contribution in [2.24, 2.45) is 0 Å². The molecule has 6 nitrogen and oxygen atoms in total. The van der Waals surface area contributed by atoms with Gasteiger partial charge >= 0.3 is 0 Å². The van der Waals surface area contributed by atoms with E-state index in [0.717, 1.165) is 69.3 Å². The summed E-state index contributed by atoms with van der Waals surface area (Å²) in [6, 6.07) is 0. The lowest BCUT2D eigenvalue weighted by atomic mass is 10.2. The molecule has 2 atom stereocenters. The van der Waals surface area contributed by atoms with Crippen LogP contribution in [-0.4, -0.2) is 62.6 Å². The molecule has 128 valence electrons. The zero-order valence-electron chi connectivity index (χ0n) is 14.5. The highest BCUT2D eigenvalue weighted by atomic mass is 16.5. The summed E-state index contributed by atoms with van der Waals surface area (Å²) >= 11 is 0. The van der Waals surface area contributed by atoms with E-state index < -0.39 is 0 Å². The van der Waals surface area contributed by atoms with Crippen molar-refractivity contribution >= 4 is 11.8 Å². The van der Waals surface area contributed by atoms with E-state index in [1.807, 2.05) is 13.2 Å². The summed E-state index contributed by atoms with van der Waals surface area (Å²) < 4.78 is 11.5. The Morgan fingerprint density at radius 2 is 1.65 bits per heavy atom. The predicted octanol–water partition coefficient (Wildman–Crippen LogP) is 2.02. The largest absolute Gasteiger partial charge is 0.376 e. The zero-order valence-corrected chi connectivity index (χ0v) is 14.5. The summed E-state index contributed by atoms with van der Waals surface area (Å²) in [5, 5.41) is 0. The van der Waals surface area contributed by atoms with Crippen molar-refractivity contribution in [3.05, 3.63) is 11.8 Å². The normalized spacial score (nSPS) is 24.1. The van der Waals surface area contributed by atoms with Crippen molar-refractivity contribution in [1.82, 2.24) is 9.97 Å². The number of nitrogens with zero attached hydrogens (tertiary/aromatic N) is 4. The maximum atomic E-state index is 5.74. The molecular weight excluding hydrogens is 292 g/mol. The van der Waals surface area contributed by atoms with Gasteiger partial charge in [-0.2, -0.15) is 4.98 Å². The number of likely N-dealkylation sites (N-methyl/N-ethyl adjacent to an activating group) is 2. The van der Waals surface area contributed by atoms with E-state index in [2.05, 4.69) is 28.8 Å². The maximum absolute atomic E-state index is 5.74. The average molecular weight is 320 g/mol. The van der Waals surface area contributed by atoms with Crippen LogP contribution in [-0.2, 0) is 9.47 Å². The maximum Gasteiger partial charge on any atom is 0.227 e. The molecule has 2 aliphatic heterocycles. The molecule has 2 saturated heterocycles.